The van der Waals surface area contributed by atoms with Gasteiger partial charge in [0.25, 0.3) is 0 Å². The minimum Gasteiger partial charge on any atom is -0.327 e. The molecule has 1 aromatic carbocycles. The molecule has 0 aliphatic heterocycles. The van der Waals surface area contributed by atoms with E-state index in [1.54, 1.807) is 6.20 Å². The van der Waals surface area contributed by atoms with Crippen LogP contribution in [0, 0.1) is 0 Å². The first-order valence-corrected chi connectivity index (χ1v) is 6.40. The Morgan fingerprint density at radius 1 is 1.33 bits per heavy atom. The number of aromatic nitrogens is 2. The number of halogens is 1. The van der Waals surface area contributed by atoms with Crippen molar-refractivity contribution in [2.75, 3.05) is 0 Å². The second-order valence-corrected chi connectivity index (χ2v) is 4.69. The van der Waals surface area contributed by atoms with E-state index in [2.05, 4.69) is 16.9 Å². The molecule has 94 valence electrons. The smallest absolute Gasteiger partial charge is 0.159 e. The monoisotopic (exact) mass is 261 g/mol. The number of nitrogens with two attached hydrogens (primary N) is 1. The normalized spacial score (nSPS) is 12.4. The lowest BCUT2D eigenvalue weighted by molar-refractivity contribution is 0.636. The number of nitrogens with zero attached hydrogens (tertiary/aromatic N) is 2. The molecule has 3 nitrogen and oxygen atoms in total. The molecule has 0 fully saturated rings. The maximum atomic E-state index is 5.97. The third-order valence-corrected chi connectivity index (χ3v) is 3.03. The predicted octanol–water partition coefficient (Wildman–Crippen LogP) is 3.08. The molecular formula is C14H16ClN3. The maximum absolute atomic E-state index is 5.97. The minimum atomic E-state index is 0.145. The van der Waals surface area contributed by atoms with Gasteiger partial charge in [-0.3, -0.25) is 0 Å². The molecule has 2 aromatic rings. The summed E-state index contributed by atoms with van der Waals surface area (Å²) in [6.07, 6.45) is 3.48. The van der Waals surface area contributed by atoms with Gasteiger partial charge in [0.1, 0.15) is 0 Å². The molecule has 0 bridgehead atoms. The van der Waals surface area contributed by atoms with Crippen LogP contribution in [-0.4, -0.2) is 16.0 Å². The number of hydrogen-bond donors (Lipinski definition) is 1. The summed E-state index contributed by atoms with van der Waals surface area (Å²) in [6, 6.07) is 9.59. The summed E-state index contributed by atoms with van der Waals surface area (Å²) in [5, 5.41) is 0.687. The van der Waals surface area contributed by atoms with Crippen LogP contribution in [-0.2, 0) is 6.42 Å². The topological polar surface area (TPSA) is 51.8 Å². The van der Waals surface area contributed by atoms with Gasteiger partial charge in [0.05, 0.1) is 0 Å². The Morgan fingerprint density at radius 2 is 2.17 bits per heavy atom. The summed E-state index contributed by atoms with van der Waals surface area (Å²) in [5.41, 5.74) is 7.83. The molecule has 0 aliphatic rings. The van der Waals surface area contributed by atoms with Crippen molar-refractivity contribution in [3.63, 3.8) is 0 Å². The Labute approximate surface area is 112 Å². The number of hydrogen-bond acceptors (Lipinski definition) is 3. The summed E-state index contributed by atoms with van der Waals surface area (Å²) in [6.45, 7) is 2.07. The van der Waals surface area contributed by atoms with Crippen LogP contribution in [0.25, 0.3) is 11.4 Å². The Kier molecular flexibility index (Phi) is 4.28. The highest BCUT2D eigenvalue weighted by Gasteiger charge is 2.06. The van der Waals surface area contributed by atoms with E-state index in [0.717, 1.165) is 24.1 Å². The van der Waals surface area contributed by atoms with Crippen LogP contribution in [0.4, 0.5) is 0 Å². The first-order valence-electron chi connectivity index (χ1n) is 6.02. The van der Waals surface area contributed by atoms with Crippen molar-refractivity contribution in [1.29, 1.82) is 0 Å². The Morgan fingerprint density at radius 3 is 2.89 bits per heavy atom. The molecule has 1 unspecified atom stereocenters. The summed E-state index contributed by atoms with van der Waals surface area (Å²) in [7, 11) is 0. The van der Waals surface area contributed by atoms with Gasteiger partial charge in [0.15, 0.2) is 5.82 Å². The van der Waals surface area contributed by atoms with E-state index in [9.17, 15) is 0 Å². The molecule has 1 atom stereocenters. The van der Waals surface area contributed by atoms with Crippen LogP contribution in [0.1, 0.15) is 19.0 Å². The molecule has 0 amide bonds. The molecule has 0 saturated heterocycles. The molecule has 0 aliphatic carbocycles. The predicted molar refractivity (Wildman–Crippen MR) is 74.4 cm³/mol. The standard InChI is InChI=1S/C14H16ClN3/c1-2-12(16)9-13-6-7-17-14(18-13)10-4-3-5-11(15)8-10/h3-8,12H,2,9,16H2,1H3. The quantitative estimate of drug-likeness (QED) is 0.920. The summed E-state index contributed by atoms with van der Waals surface area (Å²) < 4.78 is 0. The van der Waals surface area contributed by atoms with E-state index in [-0.39, 0.29) is 6.04 Å². The fourth-order valence-corrected chi connectivity index (χ4v) is 1.88. The van der Waals surface area contributed by atoms with Gasteiger partial charge in [-0.2, -0.15) is 0 Å². The van der Waals surface area contributed by atoms with Gasteiger partial charge in [-0.1, -0.05) is 30.7 Å². The second kappa shape index (κ2) is 5.94. The molecular weight excluding hydrogens is 246 g/mol. The van der Waals surface area contributed by atoms with Crippen molar-refractivity contribution in [3.05, 3.63) is 47.2 Å². The number of benzene rings is 1. The summed E-state index contributed by atoms with van der Waals surface area (Å²) >= 11 is 5.97. The van der Waals surface area contributed by atoms with E-state index in [4.69, 9.17) is 17.3 Å². The maximum Gasteiger partial charge on any atom is 0.159 e. The van der Waals surface area contributed by atoms with E-state index >= 15 is 0 Å². The Hall–Kier alpha value is -1.45. The van der Waals surface area contributed by atoms with Crippen LogP contribution >= 0.6 is 11.6 Å². The average molecular weight is 262 g/mol. The van der Waals surface area contributed by atoms with E-state index in [1.165, 1.54) is 0 Å². The Balaban J connectivity index is 2.27. The van der Waals surface area contributed by atoms with Gasteiger partial charge in [-0.05, 0) is 24.6 Å². The van der Waals surface area contributed by atoms with Crippen molar-refractivity contribution in [1.82, 2.24) is 9.97 Å². The lowest BCUT2D eigenvalue weighted by Gasteiger charge is -2.08. The third kappa shape index (κ3) is 3.28. The fourth-order valence-electron chi connectivity index (χ4n) is 1.69. The van der Waals surface area contributed by atoms with E-state index < -0.39 is 0 Å². The zero-order valence-electron chi connectivity index (χ0n) is 10.3. The van der Waals surface area contributed by atoms with E-state index in [1.807, 2.05) is 30.3 Å². The van der Waals surface area contributed by atoms with Crippen molar-refractivity contribution in [2.45, 2.75) is 25.8 Å². The van der Waals surface area contributed by atoms with Gasteiger partial charge in [0.2, 0.25) is 0 Å². The van der Waals surface area contributed by atoms with E-state index in [0.29, 0.717) is 10.8 Å². The summed E-state index contributed by atoms with van der Waals surface area (Å²) in [5.74, 6) is 0.693. The fraction of sp³-hybridized carbons (Fsp3) is 0.286. The van der Waals surface area contributed by atoms with Crippen LogP contribution in [0.5, 0.6) is 0 Å². The van der Waals surface area contributed by atoms with Crippen molar-refractivity contribution in [3.8, 4) is 11.4 Å². The van der Waals surface area contributed by atoms with Gasteiger partial charge in [-0.25, -0.2) is 9.97 Å². The zero-order valence-corrected chi connectivity index (χ0v) is 11.1. The molecule has 2 N–H and O–H groups in total. The lowest BCUT2D eigenvalue weighted by atomic mass is 10.1. The highest BCUT2D eigenvalue weighted by atomic mass is 35.5. The third-order valence-electron chi connectivity index (χ3n) is 2.79. The second-order valence-electron chi connectivity index (χ2n) is 4.25. The SMILES string of the molecule is CCC(N)Cc1ccnc(-c2cccc(Cl)c2)n1. The van der Waals surface area contributed by atoms with Crippen LogP contribution in [0.15, 0.2) is 36.5 Å². The van der Waals surface area contributed by atoms with Gasteiger partial charge < -0.3 is 5.73 Å². The molecule has 0 radical (unpaired) electrons. The first-order chi connectivity index (χ1) is 8.69. The summed E-state index contributed by atoms with van der Waals surface area (Å²) in [4.78, 5) is 8.80. The van der Waals surface area contributed by atoms with Crippen molar-refractivity contribution in [2.24, 2.45) is 5.73 Å². The lowest BCUT2D eigenvalue weighted by Crippen LogP contribution is -2.22. The van der Waals surface area contributed by atoms with Crippen molar-refractivity contribution >= 4 is 11.6 Å². The molecule has 0 saturated carbocycles. The molecule has 2 rings (SSSR count). The average Bonchev–Trinajstić information content (AvgIpc) is 2.39. The molecule has 0 spiro atoms. The molecule has 4 heteroatoms. The minimum absolute atomic E-state index is 0.145. The molecule has 1 heterocycles. The van der Waals surface area contributed by atoms with Gasteiger partial charge in [0, 0.05) is 34.9 Å². The molecule has 1 aromatic heterocycles. The van der Waals surface area contributed by atoms with Gasteiger partial charge >= 0.3 is 0 Å². The van der Waals surface area contributed by atoms with Crippen LogP contribution in [0.3, 0.4) is 0 Å². The van der Waals surface area contributed by atoms with Crippen LogP contribution in [0.2, 0.25) is 5.02 Å². The molecule has 18 heavy (non-hydrogen) atoms. The van der Waals surface area contributed by atoms with Gasteiger partial charge in [-0.15, -0.1) is 0 Å². The highest BCUT2D eigenvalue weighted by molar-refractivity contribution is 6.30. The highest BCUT2D eigenvalue weighted by Crippen LogP contribution is 2.19. The van der Waals surface area contributed by atoms with Crippen LogP contribution < -0.4 is 5.73 Å². The van der Waals surface area contributed by atoms with Crippen molar-refractivity contribution < 1.29 is 0 Å². The Bertz CT molecular complexity index is 528. The largest absolute Gasteiger partial charge is 0.327 e. The first kappa shape index (κ1) is 13.0. The zero-order chi connectivity index (χ0) is 13.0. The number of rotatable bonds is 4.